The molecule has 2 nitrogen and oxygen atoms in total. The van der Waals surface area contributed by atoms with Gasteiger partial charge in [0, 0.05) is 6.04 Å². The second kappa shape index (κ2) is 4.39. The molecule has 0 aliphatic carbocycles. The molecule has 0 aliphatic rings. The highest BCUT2D eigenvalue weighted by Crippen LogP contribution is 2.02. The molecule has 0 aliphatic heterocycles. The van der Waals surface area contributed by atoms with E-state index in [0.29, 0.717) is 0 Å². The summed E-state index contributed by atoms with van der Waals surface area (Å²) in [5, 5.41) is 0. The molecule has 0 bridgehead atoms. The van der Waals surface area contributed by atoms with E-state index in [1.54, 1.807) is 6.20 Å². The van der Waals surface area contributed by atoms with Gasteiger partial charge in [0.05, 0.1) is 0 Å². The zero-order valence-electron chi connectivity index (χ0n) is 6.22. The van der Waals surface area contributed by atoms with E-state index in [1.807, 2.05) is 6.92 Å². The van der Waals surface area contributed by atoms with Crippen molar-refractivity contribution in [1.29, 1.82) is 0 Å². The van der Waals surface area contributed by atoms with Crippen LogP contribution in [0.2, 0.25) is 0 Å². The van der Waals surface area contributed by atoms with E-state index < -0.39 is 0 Å². The third-order valence-corrected chi connectivity index (χ3v) is 1.45. The third-order valence-electron chi connectivity index (χ3n) is 1.45. The van der Waals surface area contributed by atoms with Crippen molar-refractivity contribution >= 4 is 0 Å². The fourth-order valence-corrected chi connectivity index (χ4v) is 0.662. The summed E-state index contributed by atoms with van der Waals surface area (Å²) in [7, 11) is 0. The van der Waals surface area contributed by atoms with Gasteiger partial charge in [0.25, 0.3) is 0 Å². The van der Waals surface area contributed by atoms with E-state index in [4.69, 9.17) is 11.5 Å². The average Bonchev–Trinajstić information content (AvgIpc) is 1.87. The highest BCUT2D eigenvalue weighted by molar-refractivity contribution is 5.03. The first kappa shape index (κ1) is 8.50. The number of hydrogen-bond donors (Lipinski definition) is 2. The second-order valence-electron chi connectivity index (χ2n) is 2.31. The molecule has 0 saturated heterocycles. The molecule has 9 heavy (non-hydrogen) atoms. The van der Waals surface area contributed by atoms with Crippen LogP contribution in [0.5, 0.6) is 0 Å². The molecule has 1 unspecified atom stereocenters. The van der Waals surface area contributed by atoms with Crippen molar-refractivity contribution in [2.24, 2.45) is 11.5 Å². The van der Waals surface area contributed by atoms with E-state index in [-0.39, 0.29) is 6.04 Å². The second-order valence-corrected chi connectivity index (χ2v) is 2.31. The first-order valence-electron chi connectivity index (χ1n) is 3.36. The Morgan fingerprint density at radius 3 is 2.56 bits per heavy atom. The summed E-state index contributed by atoms with van der Waals surface area (Å²) in [6, 6.07) is 0.167. The molecule has 0 heterocycles. The van der Waals surface area contributed by atoms with Crippen LogP contribution in [-0.4, -0.2) is 6.04 Å². The highest BCUT2D eigenvalue weighted by Gasteiger charge is 2.00. The van der Waals surface area contributed by atoms with Crippen LogP contribution in [0.1, 0.15) is 26.7 Å². The van der Waals surface area contributed by atoms with Crippen LogP contribution in [0, 0.1) is 0 Å². The molecule has 0 spiro atoms. The van der Waals surface area contributed by atoms with Crippen molar-refractivity contribution in [3.8, 4) is 0 Å². The molecule has 0 fully saturated rings. The molecule has 0 aromatic carbocycles. The van der Waals surface area contributed by atoms with Crippen molar-refractivity contribution in [3.63, 3.8) is 0 Å². The van der Waals surface area contributed by atoms with Crippen molar-refractivity contribution < 1.29 is 0 Å². The van der Waals surface area contributed by atoms with Gasteiger partial charge in [-0.15, -0.1) is 0 Å². The minimum atomic E-state index is 0.167. The lowest BCUT2D eigenvalue weighted by Gasteiger charge is -2.08. The van der Waals surface area contributed by atoms with Gasteiger partial charge in [-0.25, -0.2) is 0 Å². The highest BCUT2D eigenvalue weighted by atomic mass is 14.6. The first-order valence-corrected chi connectivity index (χ1v) is 3.36. The molecule has 1 atom stereocenters. The molecule has 0 aromatic heterocycles. The predicted octanol–water partition coefficient (Wildman–Crippen LogP) is 0.976. The monoisotopic (exact) mass is 128 g/mol. The first-order chi connectivity index (χ1) is 4.22. The van der Waals surface area contributed by atoms with E-state index >= 15 is 0 Å². The molecule has 0 aromatic rings. The molecule has 0 saturated carbocycles. The smallest absolute Gasteiger partial charge is 0.0267 e. The Hall–Kier alpha value is -0.500. The van der Waals surface area contributed by atoms with Crippen LogP contribution in [0.3, 0.4) is 0 Å². The van der Waals surface area contributed by atoms with Crippen LogP contribution < -0.4 is 11.5 Å². The molecular formula is C7H16N2. The standard InChI is InChI=1S/C7H16N2/c1-3-4-7(9)6(2)5-8/h5,7H,3-4,8-9H2,1-2H3/b6-5+. The summed E-state index contributed by atoms with van der Waals surface area (Å²) >= 11 is 0. The largest absolute Gasteiger partial charge is 0.405 e. The lowest BCUT2D eigenvalue weighted by molar-refractivity contribution is 0.672. The van der Waals surface area contributed by atoms with Crippen LogP contribution in [-0.2, 0) is 0 Å². The number of hydrogen-bond acceptors (Lipinski definition) is 2. The Morgan fingerprint density at radius 1 is 1.67 bits per heavy atom. The normalized spacial score (nSPS) is 15.7. The van der Waals surface area contributed by atoms with Crippen LogP contribution in [0.25, 0.3) is 0 Å². The lowest BCUT2D eigenvalue weighted by atomic mass is 10.1. The van der Waals surface area contributed by atoms with E-state index in [1.165, 1.54) is 0 Å². The SMILES string of the molecule is CCCC(N)/C(C)=C/N. The third kappa shape index (κ3) is 3.14. The van der Waals surface area contributed by atoms with E-state index in [9.17, 15) is 0 Å². The number of nitrogens with two attached hydrogens (primary N) is 2. The van der Waals surface area contributed by atoms with E-state index in [2.05, 4.69) is 6.92 Å². The zero-order chi connectivity index (χ0) is 7.28. The Balaban J connectivity index is 3.59. The van der Waals surface area contributed by atoms with Gasteiger partial charge in [-0.05, 0) is 25.1 Å². The summed E-state index contributed by atoms with van der Waals surface area (Å²) in [5.41, 5.74) is 12.0. The minimum absolute atomic E-state index is 0.167. The van der Waals surface area contributed by atoms with Crippen molar-refractivity contribution in [2.75, 3.05) is 0 Å². The van der Waals surface area contributed by atoms with Gasteiger partial charge in [-0.1, -0.05) is 13.3 Å². The van der Waals surface area contributed by atoms with Gasteiger partial charge in [0.15, 0.2) is 0 Å². The fourth-order valence-electron chi connectivity index (χ4n) is 0.662. The molecule has 54 valence electrons. The van der Waals surface area contributed by atoms with Gasteiger partial charge in [0.2, 0.25) is 0 Å². The zero-order valence-corrected chi connectivity index (χ0v) is 6.22. The summed E-state index contributed by atoms with van der Waals surface area (Å²) in [6.45, 7) is 4.07. The maximum atomic E-state index is 5.69. The molecule has 4 N–H and O–H groups in total. The summed E-state index contributed by atoms with van der Waals surface area (Å²) in [5.74, 6) is 0. The number of rotatable bonds is 3. The quantitative estimate of drug-likeness (QED) is 0.595. The van der Waals surface area contributed by atoms with Crippen LogP contribution in [0.4, 0.5) is 0 Å². The molecule has 0 rings (SSSR count). The Kier molecular flexibility index (Phi) is 4.14. The van der Waals surface area contributed by atoms with Gasteiger partial charge in [-0.2, -0.15) is 0 Å². The summed E-state index contributed by atoms with van der Waals surface area (Å²) in [6.07, 6.45) is 3.73. The Morgan fingerprint density at radius 2 is 2.22 bits per heavy atom. The fraction of sp³-hybridized carbons (Fsp3) is 0.714. The predicted molar refractivity (Wildman–Crippen MR) is 40.8 cm³/mol. The van der Waals surface area contributed by atoms with Gasteiger partial charge in [0.1, 0.15) is 0 Å². The topological polar surface area (TPSA) is 52.0 Å². The van der Waals surface area contributed by atoms with Gasteiger partial charge >= 0.3 is 0 Å². The minimum Gasteiger partial charge on any atom is -0.405 e. The van der Waals surface area contributed by atoms with Crippen molar-refractivity contribution in [3.05, 3.63) is 11.8 Å². The van der Waals surface area contributed by atoms with Crippen molar-refractivity contribution in [1.82, 2.24) is 0 Å². The maximum Gasteiger partial charge on any atom is 0.0267 e. The van der Waals surface area contributed by atoms with Crippen molar-refractivity contribution in [2.45, 2.75) is 32.7 Å². The Bertz CT molecular complexity index is 97.1. The van der Waals surface area contributed by atoms with Gasteiger partial charge in [-0.3, -0.25) is 0 Å². The summed E-state index contributed by atoms with van der Waals surface area (Å²) < 4.78 is 0. The Labute approximate surface area is 56.9 Å². The molecule has 0 amide bonds. The van der Waals surface area contributed by atoms with E-state index in [0.717, 1.165) is 18.4 Å². The lowest BCUT2D eigenvalue weighted by Crippen LogP contribution is -2.21. The van der Waals surface area contributed by atoms with Crippen LogP contribution >= 0.6 is 0 Å². The van der Waals surface area contributed by atoms with Crippen LogP contribution in [0.15, 0.2) is 11.8 Å². The molecular weight excluding hydrogens is 112 g/mol. The molecule has 2 heteroatoms. The van der Waals surface area contributed by atoms with Gasteiger partial charge < -0.3 is 11.5 Å². The molecule has 0 radical (unpaired) electrons. The summed E-state index contributed by atoms with van der Waals surface area (Å²) in [4.78, 5) is 0. The maximum absolute atomic E-state index is 5.69. The average molecular weight is 128 g/mol.